The third-order valence-electron chi connectivity index (χ3n) is 11.8. The second-order valence-corrected chi connectivity index (χ2v) is 15.5. The molecule has 6 aliphatic rings. The number of carbonyl (C=O) groups excluding carboxylic acids is 1. The van der Waals surface area contributed by atoms with E-state index < -0.39 is 123 Å². The van der Waals surface area contributed by atoms with E-state index in [2.05, 4.69) is 0 Å². The van der Waals surface area contributed by atoms with E-state index >= 15 is 0 Å². The second-order valence-electron chi connectivity index (χ2n) is 15.5. The molecule has 9 unspecified atom stereocenters. The Morgan fingerprint density at radius 2 is 1.40 bits per heavy atom. The Bertz CT molecular complexity index is 1180. The van der Waals surface area contributed by atoms with Crippen molar-refractivity contribution in [1.82, 2.24) is 0 Å². The number of hydrogen-bond acceptors (Lipinski definition) is 17. The summed E-state index contributed by atoms with van der Waals surface area (Å²) >= 11 is 0. The van der Waals surface area contributed by atoms with E-state index in [1.54, 1.807) is 6.08 Å². The fourth-order valence-electron chi connectivity index (χ4n) is 8.65. The number of ether oxygens (including phenoxy) is 6. The largest absolute Gasteiger partial charge is 0.460 e. The molecular weight excluding hydrogens is 692 g/mol. The number of carbonyl (C=O) groups is 1. The molecule has 298 valence electrons. The predicted molar refractivity (Wildman–Crippen MR) is 174 cm³/mol. The standard InChI is InChI=1S/C35H56O17/c36-17-5-1-15(2-6-17)3-8-27(42)47-14-26-29(44)30(45)33(52-34-31(46)28(43)23(41)13-48-34)35(51-26)50-25-12-19-21(39)10-18(37)11-24(19)49-32(25)16-4-7-20(38)22(40)9-16/h3,8,15-26,28-41,43-46H,1-2,4-7,9-14H2/t15?,16?,17?,18?,19?,20?,21?,22?,23-,24?,25?,26-,28+,29+,30+,31-,32?,33-,34+,35-/m1/s1. The van der Waals surface area contributed by atoms with Crippen LogP contribution in [0.5, 0.6) is 0 Å². The quantitative estimate of drug-likeness (QED) is 0.0837. The lowest BCUT2D eigenvalue weighted by molar-refractivity contribution is -0.371. The normalized spacial score (nSPS) is 50.4. The van der Waals surface area contributed by atoms with Crippen molar-refractivity contribution in [1.29, 1.82) is 0 Å². The number of rotatable bonds is 9. The summed E-state index contributed by atoms with van der Waals surface area (Å²) in [6.07, 6.45) is -13.2. The summed E-state index contributed by atoms with van der Waals surface area (Å²) in [5, 5.41) is 105. The third-order valence-corrected chi connectivity index (χ3v) is 11.8. The molecule has 0 radical (unpaired) electrons. The molecule has 0 spiro atoms. The van der Waals surface area contributed by atoms with Crippen molar-refractivity contribution >= 4 is 5.97 Å². The molecule has 3 saturated heterocycles. The van der Waals surface area contributed by atoms with Gasteiger partial charge in [-0.1, -0.05) is 6.08 Å². The Kier molecular flexibility index (Phi) is 13.6. The van der Waals surface area contributed by atoms with E-state index in [1.165, 1.54) is 6.08 Å². The zero-order valence-electron chi connectivity index (χ0n) is 29.0. The van der Waals surface area contributed by atoms with Gasteiger partial charge in [0.15, 0.2) is 12.6 Å². The Labute approximate surface area is 301 Å². The fourth-order valence-corrected chi connectivity index (χ4v) is 8.65. The Balaban J connectivity index is 1.21. The molecule has 0 amide bonds. The van der Waals surface area contributed by atoms with Crippen LogP contribution in [0.1, 0.15) is 64.2 Å². The zero-order valence-corrected chi connectivity index (χ0v) is 29.0. The molecular formula is C35H56O17. The molecule has 52 heavy (non-hydrogen) atoms. The van der Waals surface area contributed by atoms with Crippen LogP contribution in [-0.4, -0.2) is 174 Å². The molecule has 17 nitrogen and oxygen atoms in total. The first-order valence-corrected chi connectivity index (χ1v) is 18.7. The van der Waals surface area contributed by atoms with Crippen molar-refractivity contribution in [2.24, 2.45) is 17.8 Å². The maximum atomic E-state index is 12.7. The van der Waals surface area contributed by atoms with E-state index in [0.29, 0.717) is 25.7 Å². The van der Waals surface area contributed by atoms with Gasteiger partial charge >= 0.3 is 5.97 Å². The minimum absolute atomic E-state index is 0.103. The van der Waals surface area contributed by atoms with Gasteiger partial charge in [-0.05, 0) is 76.0 Å². The Morgan fingerprint density at radius 3 is 2.13 bits per heavy atom. The van der Waals surface area contributed by atoms with Crippen molar-refractivity contribution in [3.05, 3.63) is 12.2 Å². The first kappa shape index (κ1) is 40.3. The summed E-state index contributed by atoms with van der Waals surface area (Å²) in [7, 11) is 0. The molecule has 0 aromatic heterocycles. The maximum absolute atomic E-state index is 12.7. The van der Waals surface area contributed by atoms with Crippen molar-refractivity contribution in [3.8, 4) is 0 Å². The molecule has 6 rings (SSSR count). The van der Waals surface area contributed by atoms with Crippen LogP contribution in [0.3, 0.4) is 0 Å². The lowest BCUT2D eigenvalue weighted by Crippen LogP contribution is -2.65. The van der Waals surface area contributed by atoms with Crippen molar-refractivity contribution < 1.29 is 84.3 Å². The van der Waals surface area contributed by atoms with Gasteiger partial charge in [-0.2, -0.15) is 0 Å². The highest BCUT2D eigenvalue weighted by molar-refractivity contribution is 5.81. The fraction of sp³-hybridized carbons (Fsp3) is 0.914. The van der Waals surface area contributed by atoms with E-state index in [-0.39, 0.29) is 43.6 Å². The molecule has 0 bridgehead atoms. The van der Waals surface area contributed by atoms with E-state index in [4.69, 9.17) is 28.4 Å². The molecule has 10 N–H and O–H groups in total. The van der Waals surface area contributed by atoms with Gasteiger partial charge in [0.25, 0.3) is 0 Å². The van der Waals surface area contributed by atoms with E-state index in [1.807, 2.05) is 0 Å². The summed E-state index contributed by atoms with van der Waals surface area (Å²) in [4.78, 5) is 12.7. The number of esters is 1. The SMILES string of the molecule is O=C(C=CC1CCC(O)CC1)OC[C@H]1O[C@@H](OC2CC3C(O)CC(O)CC3OC2C2CCC(O)C(O)C2)[C@H](O[C@@H]2OC[C@@H](O)[C@H](O)[C@H]2O)[C@@H](O)[C@H]1O. The summed E-state index contributed by atoms with van der Waals surface area (Å²) in [6.45, 7) is -0.904. The highest BCUT2D eigenvalue weighted by atomic mass is 16.8. The van der Waals surface area contributed by atoms with Crippen LogP contribution in [0, 0.1) is 17.8 Å². The maximum Gasteiger partial charge on any atom is 0.330 e. The van der Waals surface area contributed by atoms with Crippen LogP contribution < -0.4 is 0 Å². The predicted octanol–water partition coefficient (Wildman–Crippen LogP) is -2.90. The highest BCUT2D eigenvalue weighted by Gasteiger charge is 2.54. The van der Waals surface area contributed by atoms with E-state index in [9.17, 15) is 55.9 Å². The van der Waals surface area contributed by atoms with Gasteiger partial charge in [-0.15, -0.1) is 0 Å². The lowest BCUT2D eigenvalue weighted by Gasteiger charge is -2.51. The van der Waals surface area contributed by atoms with Crippen LogP contribution in [0.4, 0.5) is 0 Å². The first-order valence-electron chi connectivity index (χ1n) is 18.7. The Hall–Kier alpha value is -1.39. The number of aliphatic hydroxyl groups is 10. The van der Waals surface area contributed by atoms with Gasteiger partial charge in [0.1, 0.15) is 49.3 Å². The lowest BCUT2D eigenvalue weighted by atomic mass is 9.72. The Morgan fingerprint density at radius 1 is 0.654 bits per heavy atom. The molecule has 0 aromatic rings. The number of allylic oxidation sites excluding steroid dienone is 1. The number of hydrogen-bond donors (Lipinski definition) is 10. The van der Waals surface area contributed by atoms with Crippen LogP contribution in [-0.2, 0) is 33.2 Å². The minimum atomic E-state index is -1.77. The molecule has 3 aliphatic heterocycles. The molecule has 18 atom stereocenters. The smallest absolute Gasteiger partial charge is 0.330 e. The first-order chi connectivity index (χ1) is 24.8. The highest BCUT2D eigenvalue weighted by Crippen LogP contribution is 2.44. The average molecular weight is 749 g/mol. The molecule has 3 saturated carbocycles. The molecule has 3 heterocycles. The molecule has 6 fully saturated rings. The van der Waals surface area contributed by atoms with Crippen LogP contribution in [0.15, 0.2) is 12.2 Å². The number of aliphatic hydroxyl groups excluding tert-OH is 10. The number of fused-ring (bicyclic) bond motifs is 1. The summed E-state index contributed by atoms with van der Waals surface area (Å²) in [5.74, 6) is -1.39. The summed E-state index contributed by atoms with van der Waals surface area (Å²) < 4.78 is 35.9. The van der Waals surface area contributed by atoms with Crippen molar-refractivity contribution in [2.45, 2.75) is 168 Å². The monoisotopic (exact) mass is 748 g/mol. The topological polar surface area (TPSA) is 275 Å². The van der Waals surface area contributed by atoms with Gasteiger partial charge in [0, 0.05) is 12.0 Å². The van der Waals surface area contributed by atoms with Gasteiger partial charge in [-0.25, -0.2) is 4.79 Å². The third kappa shape index (κ3) is 9.34. The van der Waals surface area contributed by atoms with Gasteiger partial charge in [0.05, 0.1) is 55.4 Å². The summed E-state index contributed by atoms with van der Waals surface area (Å²) in [5.41, 5.74) is 0. The van der Waals surface area contributed by atoms with Crippen molar-refractivity contribution in [2.75, 3.05) is 13.2 Å². The molecule has 0 aromatic carbocycles. The molecule has 3 aliphatic carbocycles. The van der Waals surface area contributed by atoms with Gasteiger partial charge in [-0.3, -0.25) is 0 Å². The van der Waals surface area contributed by atoms with Gasteiger partial charge < -0.3 is 79.5 Å². The minimum Gasteiger partial charge on any atom is -0.460 e. The molecule has 17 heteroatoms. The zero-order chi connectivity index (χ0) is 37.3. The van der Waals surface area contributed by atoms with Crippen molar-refractivity contribution in [3.63, 3.8) is 0 Å². The van der Waals surface area contributed by atoms with Crippen LogP contribution in [0.2, 0.25) is 0 Å². The average Bonchev–Trinajstić information content (AvgIpc) is 3.11. The van der Waals surface area contributed by atoms with Gasteiger partial charge in [0.2, 0.25) is 0 Å². The second kappa shape index (κ2) is 17.6. The van der Waals surface area contributed by atoms with Crippen LogP contribution in [0.25, 0.3) is 0 Å². The summed E-state index contributed by atoms with van der Waals surface area (Å²) in [6, 6.07) is 0. The van der Waals surface area contributed by atoms with E-state index in [0.717, 1.165) is 12.8 Å². The van der Waals surface area contributed by atoms with Crippen LogP contribution >= 0.6 is 0 Å².